The Labute approximate surface area is 152 Å². The van der Waals surface area contributed by atoms with Gasteiger partial charge in [0.15, 0.2) is 12.4 Å². The summed E-state index contributed by atoms with van der Waals surface area (Å²) in [6, 6.07) is 11.1. The Hall–Kier alpha value is -3.08. The van der Waals surface area contributed by atoms with Crippen molar-refractivity contribution >= 4 is 17.8 Å². The van der Waals surface area contributed by atoms with E-state index in [9.17, 15) is 9.59 Å². The van der Waals surface area contributed by atoms with E-state index in [1.165, 1.54) is 0 Å². The number of ketones is 1. The lowest BCUT2D eigenvalue weighted by atomic mass is 10.1. The van der Waals surface area contributed by atoms with Crippen LogP contribution in [0.3, 0.4) is 0 Å². The van der Waals surface area contributed by atoms with E-state index in [0.717, 1.165) is 11.1 Å². The van der Waals surface area contributed by atoms with Gasteiger partial charge in [0.1, 0.15) is 11.5 Å². The van der Waals surface area contributed by atoms with E-state index in [1.807, 2.05) is 31.2 Å². The van der Waals surface area contributed by atoms with Crippen LogP contribution in [0.1, 0.15) is 34.0 Å². The molecule has 1 heterocycles. The standard InChI is InChI=1S/C21H20O5/c1-4-24-19(22)12-25-17-9-8-16-20(23)18(26-21(16)14(17)3)11-15-7-5-6-13(2)10-15/h5-11H,4,12H2,1-3H3/b18-11-. The third-order valence-corrected chi connectivity index (χ3v) is 4.03. The maximum atomic E-state index is 12.6. The van der Waals surface area contributed by atoms with Crippen LogP contribution in [0, 0.1) is 13.8 Å². The average molecular weight is 352 g/mol. The van der Waals surface area contributed by atoms with E-state index in [4.69, 9.17) is 14.2 Å². The number of Topliss-reactive ketones (excluding diaryl/α,β-unsaturated/α-hetero) is 1. The number of carbonyl (C=O) groups excluding carboxylic acids is 2. The van der Waals surface area contributed by atoms with Crippen LogP contribution in [-0.2, 0) is 9.53 Å². The molecule has 0 amide bonds. The van der Waals surface area contributed by atoms with Gasteiger partial charge in [-0.3, -0.25) is 4.79 Å². The number of esters is 1. The van der Waals surface area contributed by atoms with Crippen molar-refractivity contribution in [1.29, 1.82) is 0 Å². The van der Waals surface area contributed by atoms with Crippen molar-refractivity contribution in [3.05, 3.63) is 64.4 Å². The van der Waals surface area contributed by atoms with Crippen LogP contribution in [0.25, 0.3) is 6.08 Å². The van der Waals surface area contributed by atoms with Crippen molar-refractivity contribution in [3.63, 3.8) is 0 Å². The molecular formula is C21H20O5. The summed E-state index contributed by atoms with van der Waals surface area (Å²) in [6.45, 7) is 5.64. The Kier molecular flexibility index (Phi) is 5.07. The van der Waals surface area contributed by atoms with Gasteiger partial charge in [0.2, 0.25) is 5.78 Å². The van der Waals surface area contributed by atoms with E-state index >= 15 is 0 Å². The summed E-state index contributed by atoms with van der Waals surface area (Å²) in [5.41, 5.74) is 3.17. The molecule has 0 fully saturated rings. The molecule has 1 aliphatic heterocycles. The van der Waals surface area contributed by atoms with Crippen LogP contribution < -0.4 is 9.47 Å². The van der Waals surface area contributed by atoms with Gasteiger partial charge in [0.05, 0.1) is 12.2 Å². The third-order valence-electron chi connectivity index (χ3n) is 4.03. The monoisotopic (exact) mass is 352 g/mol. The Balaban J connectivity index is 1.83. The summed E-state index contributed by atoms with van der Waals surface area (Å²) in [7, 11) is 0. The van der Waals surface area contributed by atoms with Gasteiger partial charge in [0, 0.05) is 5.56 Å². The van der Waals surface area contributed by atoms with E-state index in [2.05, 4.69) is 0 Å². The third kappa shape index (κ3) is 3.61. The number of allylic oxidation sites excluding steroid dienone is 1. The molecule has 134 valence electrons. The van der Waals surface area contributed by atoms with E-state index in [1.54, 1.807) is 32.1 Å². The molecule has 0 aromatic heterocycles. The van der Waals surface area contributed by atoms with Crippen LogP contribution in [0.5, 0.6) is 11.5 Å². The first-order chi connectivity index (χ1) is 12.5. The van der Waals surface area contributed by atoms with Crippen molar-refractivity contribution in [3.8, 4) is 11.5 Å². The number of ether oxygens (including phenoxy) is 3. The normalized spacial score (nSPS) is 14.1. The molecule has 1 aliphatic rings. The molecular weight excluding hydrogens is 332 g/mol. The minimum absolute atomic E-state index is 0.165. The SMILES string of the molecule is CCOC(=O)COc1ccc2c(c1C)O/C(=C\c1cccc(C)c1)C2=O. The first kappa shape index (κ1) is 17.7. The lowest BCUT2D eigenvalue weighted by molar-refractivity contribution is -0.145. The van der Waals surface area contributed by atoms with Crippen molar-refractivity contribution < 1.29 is 23.8 Å². The van der Waals surface area contributed by atoms with Crippen molar-refractivity contribution in [1.82, 2.24) is 0 Å². The highest BCUT2D eigenvalue weighted by Crippen LogP contribution is 2.39. The number of rotatable bonds is 5. The fraction of sp³-hybridized carbons (Fsp3) is 0.238. The van der Waals surface area contributed by atoms with Crippen molar-refractivity contribution in [2.24, 2.45) is 0 Å². The Morgan fingerprint density at radius 3 is 2.73 bits per heavy atom. The zero-order valence-corrected chi connectivity index (χ0v) is 15.0. The molecule has 2 aromatic carbocycles. The Bertz CT molecular complexity index is 895. The average Bonchev–Trinajstić information content (AvgIpc) is 2.92. The van der Waals surface area contributed by atoms with Crippen LogP contribution >= 0.6 is 0 Å². The summed E-state index contributed by atoms with van der Waals surface area (Å²) in [5, 5.41) is 0. The van der Waals surface area contributed by atoms with Crippen LogP contribution in [0.15, 0.2) is 42.2 Å². The fourth-order valence-corrected chi connectivity index (χ4v) is 2.77. The van der Waals surface area contributed by atoms with E-state index in [0.29, 0.717) is 29.2 Å². The van der Waals surface area contributed by atoms with E-state index in [-0.39, 0.29) is 18.1 Å². The van der Waals surface area contributed by atoms with E-state index < -0.39 is 5.97 Å². The zero-order chi connectivity index (χ0) is 18.7. The van der Waals surface area contributed by atoms with Crippen LogP contribution in [0.4, 0.5) is 0 Å². The molecule has 0 bridgehead atoms. The van der Waals surface area contributed by atoms with Gasteiger partial charge in [0.25, 0.3) is 0 Å². The number of aryl methyl sites for hydroxylation is 1. The highest BCUT2D eigenvalue weighted by atomic mass is 16.6. The minimum Gasteiger partial charge on any atom is -0.481 e. The summed E-state index contributed by atoms with van der Waals surface area (Å²) in [6.07, 6.45) is 1.73. The molecule has 3 rings (SSSR count). The molecule has 0 atom stereocenters. The zero-order valence-electron chi connectivity index (χ0n) is 15.0. The smallest absolute Gasteiger partial charge is 0.344 e. The Morgan fingerprint density at radius 2 is 2.00 bits per heavy atom. The predicted molar refractivity (Wildman–Crippen MR) is 97.4 cm³/mol. The summed E-state index contributed by atoms with van der Waals surface area (Å²) in [5.74, 6) is 0.624. The number of fused-ring (bicyclic) bond motifs is 1. The first-order valence-corrected chi connectivity index (χ1v) is 8.42. The van der Waals surface area contributed by atoms with Gasteiger partial charge in [-0.05, 0) is 44.5 Å². The summed E-state index contributed by atoms with van der Waals surface area (Å²) in [4.78, 5) is 24.0. The van der Waals surface area contributed by atoms with Crippen molar-refractivity contribution in [2.45, 2.75) is 20.8 Å². The fourth-order valence-electron chi connectivity index (χ4n) is 2.77. The molecule has 0 saturated heterocycles. The summed E-state index contributed by atoms with van der Waals surface area (Å²) >= 11 is 0. The molecule has 5 heteroatoms. The summed E-state index contributed by atoms with van der Waals surface area (Å²) < 4.78 is 16.1. The molecule has 0 aliphatic carbocycles. The number of carbonyl (C=O) groups is 2. The number of benzene rings is 2. The minimum atomic E-state index is -0.440. The second-order valence-electron chi connectivity index (χ2n) is 6.01. The van der Waals surface area contributed by atoms with Gasteiger partial charge in [-0.15, -0.1) is 0 Å². The molecule has 26 heavy (non-hydrogen) atoms. The van der Waals surface area contributed by atoms with Gasteiger partial charge < -0.3 is 14.2 Å². The van der Waals surface area contributed by atoms with Gasteiger partial charge in [-0.1, -0.05) is 29.8 Å². The maximum Gasteiger partial charge on any atom is 0.344 e. The van der Waals surface area contributed by atoms with Crippen LogP contribution in [0.2, 0.25) is 0 Å². The predicted octanol–water partition coefficient (Wildman–Crippen LogP) is 3.86. The highest BCUT2D eigenvalue weighted by molar-refractivity contribution is 6.15. The molecule has 0 N–H and O–H groups in total. The highest BCUT2D eigenvalue weighted by Gasteiger charge is 2.30. The maximum absolute atomic E-state index is 12.6. The number of hydrogen-bond acceptors (Lipinski definition) is 5. The van der Waals surface area contributed by atoms with Gasteiger partial charge in [-0.2, -0.15) is 0 Å². The van der Waals surface area contributed by atoms with Gasteiger partial charge in [-0.25, -0.2) is 4.79 Å². The molecule has 0 radical (unpaired) electrons. The second kappa shape index (κ2) is 7.44. The van der Waals surface area contributed by atoms with Crippen LogP contribution in [-0.4, -0.2) is 25.0 Å². The second-order valence-corrected chi connectivity index (χ2v) is 6.01. The molecule has 5 nitrogen and oxygen atoms in total. The molecule has 0 saturated carbocycles. The van der Waals surface area contributed by atoms with Gasteiger partial charge >= 0.3 is 5.97 Å². The topological polar surface area (TPSA) is 61.8 Å². The molecule has 0 spiro atoms. The quantitative estimate of drug-likeness (QED) is 0.604. The Morgan fingerprint density at radius 1 is 1.19 bits per heavy atom. The lowest BCUT2D eigenvalue weighted by Gasteiger charge is -2.10. The largest absolute Gasteiger partial charge is 0.481 e. The molecule has 2 aromatic rings. The lowest BCUT2D eigenvalue weighted by Crippen LogP contribution is -2.15. The number of hydrogen-bond donors (Lipinski definition) is 0. The first-order valence-electron chi connectivity index (χ1n) is 8.42. The molecule has 0 unspecified atom stereocenters. The van der Waals surface area contributed by atoms with Crippen molar-refractivity contribution in [2.75, 3.05) is 13.2 Å².